The molecule has 7 nitrogen and oxygen atoms in total. The van der Waals surface area contributed by atoms with Crippen molar-refractivity contribution in [3.05, 3.63) is 57.6 Å². The zero-order valence-electron chi connectivity index (χ0n) is 21.5. The first-order valence-corrected chi connectivity index (χ1v) is 13.5. The van der Waals surface area contributed by atoms with Gasteiger partial charge in [0.15, 0.2) is 0 Å². The van der Waals surface area contributed by atoms with Gasteiger partial charge in [0.1, 0.15) is 11.9 Å². The number of benzene rings is 2. The highest BCUT2D eigenvalue weighted by Crippen LogP contribution is 2.33. The number of hydrogen-bond acceptors (Lipinski definition) is 5. The second-order valence-electron chi connectivity index (χ2n) is 10.4. The lowest BCUT2D eigenvalue weighted by atomic mass is 10.0. The van der Waals surface area contributed by atoms with Crippen LogP contribution in [0.4, 0.5) is 5.69 Å². The van der Waals surface area contributed by atoms with Gasteiger partial charge in [0, 0.05) is 42.7 Å². The van der Waals surface area contributed by atoms with Crippen molar-refractivity contribution in [3.63, 3.8) is 0 Å². The molecule has 2 N–H and O–H groups in total. The van der Waals surface area contributed by atoms with Crippen molar-refractivity contribution in [3.8, 4) is 5.75 Å². The van der Waals surface area contributed by atoms with E-state index in [1.165, 1.54) is 0 Å². The van der Waals surface area contributed by atoms with E-state index in [1.54, 1.807) is 11.0 Å². The minimum atomic E-state index is -0.316. The zero-order valence-corrected chi connectivity index (χ0v) is 23.1. The number of rotatable bonds is 8. The van der Waals surface area contributed by atoms with Crippen LogP contribution in [-0.4, -0.2) is 65.6 Å². The number of carbonyl (C=O) groups excluding carboxylic acids is 2. The van der Waals surface area contributed by atoms with Crippen molar-refractivity contribution in [2.24, 2.45) is 11.8 Å². The van der Waals surface area contributed by atoms with Gasteiger partial charge >= 0.3 is 0 Å². The minimum Gasteiger partial charge on any atom is -0.488 e. The van der Waals surface area contributed by atoms with Gasteiger partial charge in [-0.25, -0.2) is 0 Å². The summed E-state index contributed by atoms with van der Waals surface area (Å²) in [5.74, 6) is 0.653. The van der Waals surface area contributed by atoms with Gasteiger partial charge in [-0.2, -0.15) is 0 Å². The maximum Gasteiger partial charge on any atom is 0.227 e. The Balaban J connectivity index is 1.58. The topological polar surface area (TPSA) is 82.1 Å². The lowest BCUT2D eigenvalue weighted by Crippen LogP contribution is -2.47. The van der Waals surface area contributed by atoms with Gasteiger partial charge in [-0.3, -0.25) is 14.5 Å². The lowest BCUT2D eigenvalue weighted by Gasteiger charge is -2.34. The lowest BCUT2D eigenvalue weighted by molar-refractivity contribution is -0.134. The van der Waals surface area contributed by atoms with E-state index in [-0.39, 0.29) is 48.8 Å². The number of halogens is 2. The number of nitrogens with zero attached hydrogens (tertiary/aromatic N) is 2. The molecule has 1 aliphatic heterocycles. The van der Waals surface area contributed by atoms with Crippen LogP contribution in [0.5, 0.6) is 5.75 Å². The largest absolute Gasteiger partial charge is 0.488 e. The first-order chi connectivity index (χ1) is 17.6. The van der Waals surface area contributed by atoms with E-state index in [4.69, 9.17) is 27.9 Å². The minimum absolute atomic E-state index is 0.00518. The predicted molar refractivity (Wildman–Crippen MR) is 146 cm³/mol. The second-order valence-corrected chi connectivity index (χ2v) is 11.2. The number of nitrogens with one attached hydrogen (secondary N) is 1. The molecular weight excluding hydrogens is 513 g/mol. The quantitative estimate of drug-likeness (QED) is 0.503. The maximum absolute atomic E-state index is 13.3. The smallest absolute Gasteiger partial charge is 0.227 e. The molecule has 1 saturated carbocycles. The summed E-state index contributed by atoms with van der Waals surface area (Å²) in [6.07, 6.45) is 1.74. The molecule has 0 bridgehead atoms. The van der Waals surface area contributed by atoms with Gasteiger partial charge in [-0.05, 0) is 62.7 Å². The van der Waals surface area contributed by atoms with Gasteiger partial charge in [0.25, 0.3) is 0 Å². The fourth-order valence-corrected chi connectivity index (χ4v) is 4.96. The van der Waals surface area contributed by atoms with Crippen molar-refractivity contribution < 1.29 is 19.4 Å². The highest BCUT2D eigenvalue weighted by atomic mass is 35.5. The van der Waals surface area contributed by atoms with Crippen LogP contribution < -0.4 is 10.1 Å². The predicted octanol–water partition coefficient (Wildman–Crippen LogP) is 4.62. The van der Waals surface area contributed by atoms with E-state index in [0.717, 1.165) is 24.0 Å². The van der Waals surface area contributed by atoms with Gasteiger partial charge in [-0.1, -0.05) is 36.2 Å². The van der Waals surface area contributed by atoms with Gasteiger partial charge < -0.3 is 20.1 Å². The Labute approximate surface area is 228 Å². The normalized spacial score (nSPS) is 20.9. The molecule has 0 radical (unpaired) electrons. The van der Waals surface area contributed by atoms with Crippen LogP contribution in [0.2, 0.25) is 10.0 Å². The Bertz CT molecular complexity index is 1140. The van der Waals surface area contributed by atoms with Crippen LogP contribution >= 0.6 is 23.2 Å². The fourth-order valence-electron chi connectivity index (χ4n) is 4.64. The summed E-state index contributed by atoms with van der Waals surface area (Å²) in [7, 11) is 2.02. The van der Waals surface area contributed by atoms with E-state index >= 15 is 0 Å². The molecule has 0 aromatic heterocycles. The monoisotopic (exact) mass is 547 g/mol. The highest BCUT2D eigenvalue weighted by Gasteiger charge is 2.32. The molecule has 9 heteroatoms. The van der Waals surface area contributed by atoms with Crippen LogP contribution in [0, 0.1) is 11.8 Å². The third-order valence-electron chi connectivity index (χ3n) is 7.06. The molecule has 3 atom stereocenters. The van der Waals surface area contributed by atoms with Crippen LogP contribution in [0.3, 0.4) is 0 Å². The molecule has 2 amide bonds. The number of carbonyl (C=O) groups is 2. The second kappa shape index (κ2) is 12.0. The zero-order chi connectivity index (χ0) is 26.7. The van der Waals surface area contributed by atoms with Crippen molar-refractivity contribution >= 4 is 40.7 Å². The molecule has 2 aromatic carbocycles. The van der Waals surface area contributed by atoms with Gasteiger partial charge in [0.05, 0.1) is 29.1 Å². The number of likely N-dealkylation sites (N-methyl/N-ethyl adjacent to an activating group) is 1. The summed E-state index contributed by atoms with van der Waals surface area (Å²) in [6.45, 7) is 5.52. The SMILES string of the molecule is C[C@H](CO)N1C[C@H](C)[C@H](CN(C)Cc2ccc(Cl)c(Cl)c2)Oc2ccc(NC(=O)C3CC3)cc2CC1=O. The standard InChI is InChI=1S/C28H35Cl2N3O4/c1-17-13-33(18(2)16-34)27(35)12-21-11-22(31-28(36)20-5-6-20)7-9-25(21)37-26(17)15-32(3)14-19-4-8-23(29)24(30)10-19/h4,7-11,17-18,20,26,34H,5-6,12-16H2,1-3H3,(H,31,36)/t17-,18+,26-/m0/s1. The number of anilines is 1. The van der Waals surface area contributed by atoms with E-state index in [9.17, 15) is 14.7 Å². The summed E-state index contributed by atoms with van der Waals surface area (Å²) in [5, 5.41) is 13.8. The Morgan fingerprint density at radius 2 is 1.97 bits per heavy atom. The Kier molecular flexibility index (Phi) is 9.01. The molecule has 2 aromatic rings. The number of ether oxygens (including phenoxy) is 1. The fraction of sp³-hybridized carbons (Fsp3) is 0.500. The summed E-state index contributed by atoms with van der Waals surface area (Å²) in [4.78, 5) is 29.6. The Hall–Kier alpha value is -2.32. The Morgan fingerprint density at radius 3 is 2.65 bits per heavy atom. The Morgan fingerprint density at radius 1 is 1.22 bits per heavy atom. The summed E-state index contributed by atoms with van der Waals surface area (Å²) < 4.78 is 6.57. The average Bonchev–Trinajstić information content (AvgIpc) is 3.70. The van der Waals surface area contributed by atoms with Crippen LogP contribution in [-0.2, 0) is 22.6 Å². The summed E-state index contributed by atoms with van der Waals surface area (Å²) >= 11 is 12.3. The first-order valence-electron chi connectivity index (χ1n) is 12.8. The molecule has 0 saturated heterocycles. The van der Waals surface area contributed by atoms with Gasteiger partial charge in [-0.15, -0.1) is 0 Å². The van der Waals surface area contributed by atoms with Crippen LogP contribution in [0.25, 0.3) is 0 Å². The summed E-state index contributed by atoms with van der Waals surface area (Å²) in [6, 6.07) is 10.8. The molecule has 0 spiro atoms. The number of hydrogen-bond donors (Lipinski definition) is 2. The van der Waals surface area contributed by atoms with Crippen molar-refractivity contribution in [2.75, 3.05) is 32.1 Å². The third kappa shape index (κ3) is 7.17. The summed E-state index contributed by atoms with van der Waals surface area (Å²) in [5.41, 5.74) is 2.42. The average molecular weight is 549 g/mol. The van der Waals surface area contributed by atoms with E-state index < -0.39 is 0 Å². The number of fused-ring (bicyclic) bond motifs is 1. The molecule has 2 aliphatic rings. The molecule has 37 heavy (non-hydrogen) atoms. The molecule has 4 rings (SSSR count). The molecule has 1 fully saturated rings. The van der Waals surface area contributed by atoms with Crippen molar-refractivity contribution in [1.29, 1.82) is 0 Å². The number of aliphatic hydroxyl groups excluding tert-OH is 1. The highest BCUT2D eigenvalue weighted by molar-refractivity contribution is 6.42. The molecule has 200 valence electrons. The van der Waals surface area contributed by atoms with Crippen molar-refractivity contribution in [2.45, 2.75) is 51.8 Å². The molecule has 1 heterocycles. The first kappa shape index (κ1) is 27.7. The molecular formula is C28H35Cl2N3O4. The molecule has 1 aliphatic carbocycles. The van der Waals surface area contributed by atoms with E-state index in [2.05, 4.69) is 17.1 Å². The van der Waals surface area contributed by atoms with Crippen molar-refractivity contribution in [1.82, 2.24) is 9.80 Å². The maximum atomic E-state index is 13.3. The van der Waals surface area contributed by atoms with Crippen LogP contribution in [0.15, 0.2) is 36.4 Å². The van der Waals surface area contributed by atoms with E-state index in [0.29, 0.717) is 41.1 Å². The van der Waals surface area contributed by atoms with Crippen LogP contribution in [0.1, 0.15) is 37.8 Å². The number of aliphatic hydroxyl groups is 1. The van der Waals surface area contributed by atoms with Gasteiger partial charge in [0.2, 0.25) is 11.8 Å². The number of amides is 2. The van der Waals surface area contributed by atoms with E-state index in [1.807, 2.05) is 44.3 Å². The molecule has 0 unspecified atom stereocenters. The third-order valence-corrected chi connectivity index (χ3v) is 7.80.